The summed E-state index contributed by atoms with van der Waals surface area (Å²) in [5, 5.41) is 10.1. The average Bonchev–Trinajstić information content (AvgIpc) is 2.81. The summed E-state index contributed by atoms with van der Waals surface area (Å²) >= 11 is 1.08. The lowest BCUT2D eigenvalue weighted by molar-refractivity contribution is 0.211. The first-order valence-electron chi connectivity index (χ1n) is 4.82. The first-order chi connectivity index (χ1) is 7.72. The smallest absolute Gasteiger partial charge is 0.127 e. The van der Waals surface area contributed by atoms with E-state index in [1.54, 1.807) is 13.3 Å². The van der Waals surface area contributed by atoms with Crippen LogP contribution in [0.1, 0.15) is 22.9 Å². The van der Waals surface area contributed by atoms with Crippen LogP contribution in [0.5, 0.6) is 5.75 Å². The van der Waals surface area contributed by atoms with Gasteiger partial charge in [-0.1, -0.05) is 11.6 Å². The number of hydrogen-bond acceptors (Lipinski definition) is 5. The van der Waals surface area contributed by atoms with E-state index in [2.05, 4.69) is 8.75 Å². The second-order valence-electron chi connectivity index (χ2n) is 3.48. The van der Waals surface area contributed by atoms with Crippen molar-refractivity contribution >= 4 is 11.7 Å². The zero-order valence-electron chi connectivity index (χ0n) is 9.04. The number of aliphatic hydroxyl groups is 1. The Hall–Kier alpha value is -1.46. The van der Waals surface area contributed by atoms with Gasteiger partial charge >= 0.3 is 0 Å². The van der Waals surface area contributed by atoms with Crippen LogP contribution in [0, 0.1) is 6.92 Å². The third-order valence-corrected chi connectivity index (χ3v) is 2.83. The quantitative estimate of drug-likeness (QED) is 0.884. The summed E-state index contributed by atoms with van der Waals surface area (Å²) in [5.41, 5.74) is 2.34. The van der Waals surface area contributed by atoms with E-state index in [1.165, 1.54) is 0 Å². The van der Waals surface area contributed by atoms with Gasteiger partial charge in [0.25, 0.3) is 0 Å². The molecule has 1 heterocycles. The van der Waals surface area contributed by atoms with Crippen LogP contribution in [-0.4, -0.2) is 21.0 Å². The zero-order valence-corrected chi connectivity index (χ0v) is 9.86. The molecule has 0 bridgehead atoms. The number of aryl methyl sites for hydroxylation is 1. The highest BCUT2D eigenvalue weighted by Gasteiger charge is 2.17. The van der Waals surface area contributed by atoms with Gasteiger partial charge in [-0.3, -0.25) is 0 Å². The van der Waals surface area contributed by atoms with Gasteiger partial charge in [-0.25, -0.2) is 0 Å². The normalized spacial score (nSPS) is 12.4. The molecule has 0 fully saturated rings. The lowest BCUT2D eigenvalue weighted by atomic mass is 10.0. The van der Waals surface area contributed by atoms with Crippen molar-refractivity contribution in [1.29, 1.82) is 0 Å². The molecule has 0 aliphatic heterocycles. The van der Waals surface area contributed by atoms with Gasteiger partial charge < -0.3 is 9.84 Å². The van der Waals surface area contributed by atoms with Crippen molar-refractivity contribution in [1.82, 2.24) is 8.75 Å². The Balaban J connectivity index is 2.42. The molecule has 84 valence electrons. The second kappa shape index (κ2) is 4.59. The molecule has 0 spiro atoms. The van der Waals surface area contributed by atoms with Crippen LogP contribution in [0.25, 0.3) is 0 Å². The third kappa shape index (κ3) is 2.05. The molecular weight excluding hydrogens is 224 g/mol. The van der Waals surface area contributed by atoms with Crippen molar-refractivity contribution in [3.05, 3.63) is 41.2 Å². The fourth-order valence-corrected chi connectivity index (χ4v) is 1.96. The molecule has 0 saturated carbocycles. The molecule has 1 aromatic heterocycles. The lowest BCUT2D eigenvalue weighted by Crippen LogP contribution is -2.03. The van der Waals surface area contributed by atoms with Gasteiger partial charge in [0.15, 0.2) is 0 Å². The van der Waals surface area contributed by atoms with Crippen molar-refractivity contribution in [3.8, 4) is 5.75 Å². The van der Waals surface area contributed by atoms with E-state index in [0.717, 1.165) is 22.9 Å². The minimum atomic E-state index is -0.784. The van der Waals surface area contributed by atoms with Gasteiger partial charge in [0.05, 0.1) is 25.0 Å². The molecule has 0 aliphatic carbocycles. The SMILES string of the molecule is COc1ccc(C)cc1C(O)c1cnsn1. The van der Waals surface area contributed by atoms with Gasteiger partial charge in [-0.15, -0.1) is 0 Å². The fraction of sp³-hybridized carbons (Fsp3) is 0.273. The van der Waals surface area contributed by atoms with Crippen LogP contribution in [0.3, 0.4) is 0 Å². The fourth-order valence-electron chi connectivity index (χ4n) is 1.52. The molecule has 0 amide bonds. The average molecular weight is 236 g/mol. The predicted molar refractivity (Wildman–Crippen MR) is 61.7 cm³/mol. The molecule has 4 nitrogen and oxygen atoms in total. The molecule has 1 N–H and O–H groups in total. The molecule has 0 saturated heterocycles. The summed E-state index contributed by atoms with van der Waals surface area (Å²) in [4.78, 5) is 0. The van der Waals surface area contributed by atoms with Crippen LogP contribution >= 0.6 is 11.7 Å². The Morgan fingerprint density at radius 1 is 1.44 bits per heavy atom. The van der Waals surface area contributed by atoms with Crippen molar-refractivity contribution in [2.45, 2.75) is 13.0 Å². The first-order valence-corrected chi connectivity index (χ1v) is 5.55. The van der Waals surface area contributed by atoms with E-state index in [9.17, 15) is 5.11 Å². The lowest BCUT2D eigenvalue weighted by Gasteiger charge is -2.13. The number of benzene rings is 1. The summed E-state index contributed by atoms with van der Waals surface area (Å²) < 4.78 is 13.1. The maximum Gasteiger partial charge on any atom is 0.127 e. The van der Waals surface area contributed by atoms with Crippen LogP contribution in [0.2, 0.25) is 0 Å². The highest BCUT2D eigenvalue weighted by atomic mass is 32.1. The van der Waals surface area contributed by atoms with Crippen molar-refractivity contribution in [2.75, 3.05) is 7.11 Å². The molecule has 16 heavy (non-hydrogen) atoms. The number of ether oxygens (including phenoxy) is 1. The molecule has 1 unspecified atom stereocenters. The second-order valence-corrected chi connectivity index (χ2v) is 4.04. The van der Waals surface area contributed by atoms with Gasteiger partial charge in [0.1, 0.15) is 17.5 Å². The summed E-state index contributed by atoms with van der Waals surface area (Å²) in [5.74, 6) is 0.658. The van der Waals surface area contributed by atoms with E-state index in [0.29, 0.717) is 11.4 Å². The largest absolute Gasteiger partial charge is 0.496 e. The first kappa shape index (κ1) is 11.0. The molecule has 1 atom stereocenters. The molecule has 0 radical (unpaired) electrons. The highest BCUT2D eigenvalue weighted by molar-refractivity contribution is 6.99. The van der Waals surface area contributed by atoms with Crippen molar-refractivity contribution in [2.24, 2.45) is 0 Å². The number of hydrogen-bond donors (Lipinski definition) is 1. The van der Waals surface area contributed by atoms with E-state index >= 15 is 0 Å². The third-order valence-electron chi connectivity index (χ3n) is 2.34. The van der Waals surface area contributed by atoms with E-state index < -0.39 is 6.10 Å². The van der Waals surface area contributed by atoms with Crippen LogP contribution < -0.4 is 4.74 Å². The van der Waals surface area contributed by atoms with Gasteiger partial charge in [-0.2, -0.15) is 8.75 Å². The number of methoxy groups -OCH3 is 1. The van der Waals surface area contributed by atoms with E-state index in [1.807, 2.05) is 25.1 Å². The summed E-state index contributed by atoms with van der Waals surface area (Å²) in [7, 11) is 1.58. The van der Waals surface area contributed by atoms with Gasteiger partial charge in [0, 0.05) is 5.56 Å². The minimum absolute atomic E-state index is 0.550. The maximum atomic E-state index is 10.1. The number of rotatable bonds is 3. The van der Waals surface area contributed by atoms with Crippen molar-refractivity contribution < 1.29 is 9.84 Å². The van der Waals surface area contributed by atoms with Crippen LogP contribution in [0.15, 0.2) is 24.4 Å². The summed E-state index contributed by atoms with van der Waals surface area (Å²) in [6, 6.07) is 5.67. The number of nitrogens with zero attached hydrogens (tertiary/aromatic N) is 2. The molecule has 2 rings (SSSR count). The predicted octanol–water partition coefficient (Wildman–Crippen LogP) is 1.94. The number of aromatic nitrogens is 2. The van der Waals surface area contributed by atoms with E-state index in [4.69, 9.17) is 4.74 Å². The Kier molecular flexibility index (Phi) is 3.17. The van der Waals surface area contributed by atoms with Crippen LogP contribution in [-0.2, 0) is 0 Å². The summed E-state index contributed by atoms with van der Waals surface area (Å²) in [6.07, 6.45) is 0.783. The molecular formula is C11H12N2O2S. The topological polar surface area (TPSA) is 55.2 Å². The standard InChI is InChI=1S/C11H12N2O2S/c1-7-3-4-10(15-2)8(5-7)11(14)9-6-12-16-13-9/h3-6,11,14H,1-2H3. The Labute approximate surface area is 97.9 Å². The minimum Gasteiger partial charge on any atom is -0.496 e. The molecule has 5 heteroatoms. The molecule has 0 aliphatic rings. The molecule has 1 aromatic carbocycles. The Morgan fingerprint density at radius 3 is 2.88 bits per heavy atom. The van der Waals surface area contributed by atoms with E-state index in [-0.39, 0.29) is 0 Å². The van der Waals surface area contributed by atoms with Crippen LogP contribution in [0.4, 0.5) is 0 Å². The highest BCUT2D eigenvalue weighted by Crippen LogP contribution is 2.29. The number of aliphatic hydroxyl groups excluding tert-OH is 1. The van der Waals surface area contributed by atoms with Crippen molar-refractivity contribution in [3.63, 3.8) is 0 Å². The Bertz CT molecular complexity index is 471. The summed E-state index contributed by atoms with van der Waals surface area (Å²) in [6.45, 7) is 1.97. The Morgan fingerprint density at radius 2 is 2.25 bits per heavy atom. The monoisotopic (exact) mass is 236 g/mol. The molecule has 2 aromatic rings. The maximum absolute atomic E-state index is 10.1. The zero-order chi connectivity index (χ0) is 11.5. The van der Waals surface area contributed by atoms with Gasteiger partial charge in [-0.05, 0) is 19.1 Å². The van der Waals surface area contributed by atoms with Gasteiger partial charge in [0.2, 0.25) is 0 Å².